The van der Waals surface area contributed by atoms with Crippen molar-refractivity contribution in [1.29, 1.82) is 0 Å². The molecule has 1 aliphatic heterocycles. The Labute approximate surface area is 125 Å². The van der Waals surface area contributed by atoms with Crippen LogP contribution in [0, 0.1) is 11.8 Å². The maximum absolute atomic E-state index is 12.5. The van der Waals surface area contributed by atoms with E-state index in [1.165, 1.54) is 0 Å². The topological polar surface area (TPSA) is 76.0 Å². The molecule has 0 amide bonds. The van der Waals surface area contributed by atoms with Crippen LogP contribution in [0.4, 0.5) is 0 Å². The summed E-state index contributed by atoms with van der Waals surface area (Å²) in [5, 5.41) is 9.08. The zero-order valence-corrected chi connectivity index (χ0v) is 12.8. The summed E-state index contributed by atoms with van der Waals surface area (Å²) in [6.45, 7) is 5.49. The molecule has 21 heavy (non-hydrogen) atoms. The Balaban J connectivity index is 2.07. The van der Waals surface area contributed by atoms with E-state index in [1.807, 2.05) is 20.8 Å². The first-order chi connectivity index (χ1) is 9.72. The van der Waals surface area contributed by atoms with Gasteiger partial charge in [-0.3, -0.25) is 9.79 Å². The largest absolute Gasteiger partial charge is 0.481 e. The second kappa shape index (κ2) is 5.62. The summed E-state index contributed by atoms with van der Waals surface area (Å²) in [6.07, 6.45) is 7.79. The molecule has 1 aliphatic carbocycles. The average molecular weight is 293 g/mol. The normalized spacial score (nSPS) is 31.6. The van der Waals surface area contributed by atoms with Crippen LogP contribution in [0.5, 0.6) is 0 Å². The Morgan fingerprint density at radius 3 is 2.57 bits per heavy atom. The van der Waals surface area contributed by atoms with E-state index < -0.39 is 17.1 Å². The van der Waals surface area contributed by atoms with Gasteiger partial charge in [-0.05, 0) is 64.5 Å². The monoisotopic (exact) mass is 293 g/mol. The van der Waals surface area contributed by atoms with Crippen molar-refractivity contribution in [2.45, 2.75) is 57.6 Å². The number of ether oxygens (including phenoxy) is 1. The second-order valence-corrected chi connectivity index (χ2v) is 6.98. The Kier molecular flexibility index (Phi) is 4.21. The van der Waals surface area contributed by atoms with Gasteiger partial charge in [0.15, 0.2) is 5.54 Å². The number of aliphatic carboxylic acids is 1. The first-order valence-electron chi connectivity index (χ1n) is 7.41. The van der Waals surface area contributed by atoms with Crippen molar-refractivity contribution in [2.75, 3.05) is 0 Å². The van der Waals surface area contributed by atoms with Crippen LogP contribution in [-0.2, 0) is 14.3 Å². The lowest BCUT2D eigenvalue weighted by Crippen LogP contribution is -2.41. The van der Waals surface area contributed by atoms with Crippen LogP contribution in [-0.4, -0.2) is 34.4 Å². The number of esters is 1. The fraction of sp³-hybridized carbons (Fsp3) is 0.688. The maximum atomic E-state index is 12.5. The second-order valence-electron chi connectivity index (χ2n) is 6.98. The van der Waals surface area contributed by atoms with Gasteiger partial charge in [-0.15, -0.1) is 0 Å². The lowest BCUT2D eigenvalue weighted by molar-refractivity contribution is -0.160. The number of nitrogens with zero attached hydrogens (tertiary/aromatic N) is 1. The van der Waals surface area contributed by atoms with Crippen LogP contribution in [0.15, 0.2) is 17.1 Å². The lowest BCUT2D eigenvalue weighted by atomic mass is 9.86. The third-order valence-corrected chi connectivity index (χ3v) is 4.01. The number of carbonyl (C=O) groups is 2. The molecular formula is C16H23NO4. The summed E-state index contributed by atoms with van der Waals surface area (Å²) in [4.78, 5) is 27.9. The molecule has 1 heterocycles. The number of aliphatic imine (C=N–C) groups is 1. The molecule has 0 saturated heterocycles. The first-order valence-corrected chi connectivity index (χ1v) is 7.41. The predicted octanol–water partition coefficient (Wildman–Crippen LogP) is 2.60. The third kappa shape index (κ3) is 3.71. The van der Waals surface area contributed by atoms with Gasteiger partial charge < -0.3 is 9.84 Å². The van der Waals surface area contributed by atoms with Crippen molar-refractivity contribution in [3.8, 4) is 0 Å². The Morgan fingerprint density at radius 1 is 1.38 bits per heavy atom. The number of carbonyl (C=O) groups excluding carboxylic acids is 1. The number of rotatable bonds is 4. The highest BCUT2D eigenvalue weighted by Gasteiger charge is 2.44. The molecular weight excluding hydrogens is 270 g/mol. The quantitative estimate of drug-likeness (QED) is 0.808. The van der Waals surface area contributed by atoms with Gasteiger partial charge in [0.2, 0.25) is 0 Å². The molecule has 1 saturated carbocycles. The van der Waals surface area contributed by atoms with Gasteiger partial charge in [-0.2, -0.15) is 0 Å². The highest BCUT2D eigenvalue weighted by Crippen LogP contribution is 2.39. The zero-order chi connectivity index (χ0) is 15.7. The highest BCUT2D eigenvalue weighted by molar-refractivity contribution is 5.91. The van der Waals surface area contributed by atoms with Crippen molar-refractivity contribution in [3.63, 3.8) is 0 Å². The minimum absolute atomic E-state index is 0.193. The number of hydrogen-bond acceptors (Lipinski definition) is 4. The average Bonchev–Trinajstić information content (AvgIpc) is 2.97. The number of carboxylic acid groups (broad SMARTS) is 1. The van der Waals surface area contributed by atoms with Gasteiger partial charge in [0, 0.05) is 6.21 Å². The number of hydrogen-bond donors (Lipinski definition) is 1. The molecule has 1 N–H and O–H groups in total. The Morgan fingerprint density at radius 2 is 2.10 bits per heavy atom. The van der Waals surface area contributed by atoms with E-state index >= 15 is 0 Å². The van der Waals surface area contributed by atoms with E-state index in [9.17, 15) is 9.59 Å². The van der Waals surface area contributed by atoms with Crippen molar-refractivity contribution in [1.82, 2.24) is 0 Å². The summed E-state index contributed by atoms with van der Waals surface area (Å²) in [5.41, 5.74) is -1.53. The molecule has 2 rings (SSSR count). The Bertz CT molecular complexity index is 475. The Hall–Kier alpha value is -1.65. The smallest absolute Gasteiger partial charge is 0.338 e. The van der Waals surface area contributed by atoms with Crippen molar-refractivity contribution in [2.24, 2.45) is 16.8 Å². The van der Waals surface area contributed by atoms with Crippen LogP contribution in [0.2, 0.25) is 0 Å². The minimum Gasteiger partial charge on any atom is -0.481 e. The molecule has 2 aliphatic rings. The highest BCUT2D eigenvalue weighted by atomic mass is 16.6. The molecule has 0 bridgehead atoms. The number of carboxylic acids is 1. The summed E-state index contributed by atoms with van der Waals surface area (Å²) in [7, 11) is 0. The van der Waals surface area contributed by atoms with E-state index in [-0.39, 0.29) is 17.8 Å². The van der Waals surface area contributed by atoms with Crippen molar-refractivity contribution < 1.29 is 19.4 Å². The molecule has 5 nitrogen and oxygen atoms in total. The molecule has 3 unspecified atom stereocenters. The van der Waals surface area contributed by atoms with Crippen LogP contribution in [0.1, 0.15) is 46.5 Å². The van der Waals surface area contributed by atoms with Crippen LogP contribution in [0.25, 0.3) is 0 Å². The summed E-state index contributed by atoms with van der Waals surface area (Å²) in [5.74, 6) is -1.19. The third-order valence-electron chi connectivity index (χ3n) is 4.01. The zero-order valence-electron chi connectivity index (χ0n) is 12.8. The van der Waals surface area contributed by atoms with E-state index in [1.54, 1.807) is 18.4 Å². The maximum Gasteiger partial charge on any atom is 0.338 e. The molecule has 0 radical (unpaired) electrons. The van der Waals surface area contributed by atoms with Crippen LogP contribution in [0.3, 0.4) is 0 Å². The van der Waals surface area contributed by atoms with Crippen LogP contribution < -0.4 is 0 Å². The van der Waals surface area contributed by atoms with E-state index in [0.29, 0.717) is 19.3 Å². The summed E-state index contributed by atoms with van der Waals surface area (Å²) >= 11 is 0. The van der Waals surface area contributed by atoms with Gasteiger partial charge in [-0.25, -0.2) is 4.79 Å². The molecule has 0 aromatic carbocycles. The van der Waals surface area contributed by atoms with Gasteiger partial charge in [0.05, 0.1) is 5.92 Å². The molecule has 3 atom stereocenters. The van der Waals surface area contributed by atoms with Gasteiger partial charge in [-0.1, -0.05) is 0 Å². The number of allylic oxidation sites excluding steroid dienone is 1. The van der Waals surface area contributed by atoms with Crippen LogP contribution >= 0.6 is 0 Å². The van der Waals surface area contributed by atoms with E-state index in [4.69, 9.17) is 9.84 Å². The minimum atomic E-state index is -0.967. The van der Waals surface area contributed by atoms with Gasteiger partial charge in [0.1, 0.15) is 5.60 Å². The van der Waals surface area contributed by atoms with Crippen molar-refractivity contribution >= 4 is 18.2 Å². The molecule has 0 spiro atoms. The SMILES string of the molecule is CC(C)(C)OC(=O)C1(CC2CCC(C(=O)O)C2)C=CC=N1. The van der Waals surface area contributed by atoms with Gasteiger partial charge >= 0.3 is 11.9 Å². The fourth-order valence-electron chi connectivity index (χ4n) is 3.04. The molecule has 0 aromatic rings. The summed E-state index contributed by atoms with van der Waals surface area (Å²) in [6, 6.07) is 0. The van der Waals surface area contributed by atoms with E-state index in [2.05, 4.69) is 4.99 Å². The molecule has 5 heteroatoms. The first kappa shape index (κ1) is 15.7. The fourth-order valence-corrected chi connectivity index (χ4v) is 3.04. The summed E-state index contributed by atoms with van der Waals surface area (Å²) < 4.78 is 5.49. The van der Waals surface area contributed by atoms with Crippen molar-refractivity contribution in [3.05, 3.63) is 12.2 Å². The molecule has 1 fully saturated rings. The van der Waals surface area contributed by atoms with E-state index in [0.717, 1.165) is 6.42 Å². The predicted molar refractivity (Wildman–Crippen MR) is 79.3 cm³/mol. The molecule has 116 valence electrons. The molecule has 0 aromatic heterocycles. The van der Waals surface area contributed by atoms with Gasteiger partial charge in [0.25, 0.3) is 0 Å². The standard InChI is InChI=1S/C16H23NO4/c1-15(2,3)21-14(20)16(7-4-8-17-16)10-11-5-6-12(9-11)13(18)19/h4,7-8,11-12H,5-6,9-10H2,1-3H3,(H,18,19). The lowest BCUT2D eigenvalue weighted by Gasteiger charge is -2.29.